The Labute approximate surface area is 114 Å². The summed E-state index contributed by atoms with van der Waals surface area (Å²) in [6.45, 7) is 3.54. The third-order valence-corrected chi connectivity index (χ3v) is 5.55. The van der Waals surface area contributed by atoms with Gasteiger partial charge in [0, 0.05) is 24.2 Å². The fourth-order valence-electron chi connectivity index (χ4n) is 2.14. The summed E-state index contributed by atoms with van der Waals surface area (Å²) >= 11 is 6.07. The molecular formula is C13H18ClNO2S. The lowest BCUT2D eigenvalue weighted by molar-refractivity contribution is 0.584. The van der Waals surface area contributed by atoms with Gasteiger partial charge in [0.15, 0.2) is 9.84 Å². The van der Waals surface area contributed by atoms with E-state index in [4.69, 9.17) is 11.6 Å². The first-order valence-electron chi connectivity index (χ1n) is 6.25. The van der Waals surface area contributed by atoms with Gasteiger partial charge < -0.3 is 4.90 Å². The molecule has 0 amide bonds. The molecule has 1 aromatic carbocycles. The molecule has 3 nitrogen and oxygen atoms in total. The van der Waals surface area contributed by atoms with Crippen LogP contribution in [0.25, 0.3) is 0 Å². The van der Waals surface area contributed by atoms with Crippen LogP contribution in [0.2, 0.25) is 0 Å². The lowest BCUT2D eigenvalue weighted by atomic mass is 10.1. The van der Waals surface area contributed by atoms with Crippen molar-refractivity contribution in [3.8, 4) is 0 Å². The molecule has 2 rings (SSSR count). The zero-order valence-corrected chi connectivity index (χ0v) is 12.0. The van der Waals surface area contributed by atoms with Gasteiger partial charge >= 0.3 is 0 Å². The molecule has 0 bridgehead atoms. The van der Waals surface area contributed by atoms with Crippen molar-refractivity contribution in [3.63, 3.8) is 0 Å². The van der Waals surface area contributed by atoms with Gasteiger partial charge in [-0.2, -0.15) is 0 Å². The highest BCUT2D eigenvalue weighted by molar-refractivity contribution is 7.91. The van der Waals surface area contributed by atoms with Gasteiger partial charge in [0.1, 0.15) is 0 Å². The SMILES string of the molecule is CCS(=O)(=O)c1ccc(N2CCC(Cl)CC2)cc1. The van der Waals surface area contributed by atoms with Crippen LogP contribution in [0, 0.1) is 0 Å². The third-order valence-electron chi connectivity index (χ3n) is 3.37. The smallest absolute Gasteiger partial charge is 0.178 e. The van der Waals surface area contributed by atoms with Crippen LogP contribution in [-0.2, 0) is 9.84 Å². The van der Waals surface area contributed by atoms with Gasteiger partial charge in [0.25, 0.3) is 0 Å². The maximum absolute atomic E-state index is 11.7. The summed E-state index contributed by atoms with van der Waals surface area (Å²) < 4.78 is 23.4. The second kappa shape index (κ2) is 5.49. The number of sulfone groups is 1. The van der Waals surface area contributed by atoms with Gasteiger partial charge in [-0.05, 0) is 37.1 Å². The van der Waals surface area contributed by atoms with Crippen LogP contribution < -0.4 is 4.90 Å². The molecule has 0 saturated carbocycles. The Kier molecular flexibility index (Phi) is 4.17. The van der Waals surface area contributed by atoms with Gasteiger partial charge in [-0.15, -0.1) is 11.6 Å². The zero-order chi connectivity index (χ0) is 13.2. The second-order valence-electron chi connectivity index (χ2n) is 4.56. The maximum Gasteiger partial charge on any atom is 0.178 e. The number of rotatable bonds is 3. The molecule has 0 unspecified atom stereocenters. The number of alkyl halides is 1. The van der Waals surface area contributed by atoms with E-state index in [-0.39, 0.29) is 11.1 Å². The van der Waals surface area contributed by atoms with Crippen molar-refractivity contribution in [1.82, 2.24) is 0 Å². The van der Waals surface area contributed by atoms with Crippen molar-refractivity contribution < 1.29 is 8.42 Å². The maximum atomic E-state index is 11.7. The summed E-state index contributed by atoms with van der Waals surface area (Å²) in [4.78, 5) is 2.65. The Hall–Kier alpha value is -0.740. The summed E-state index contributed by atoms with van der Waals surface area (Å²) in [6.07, 6.45) is 1.97. The van der Waals surface area contributed by atoms with Crippen LogP contribution in [0.15, 0.2) is 29.2 Å². The second-order valence-corrected chi connectivity index (χ2v) is 7.45. The lowest BCUT2D eigenvalue weighted by Gasteiger charge is -2.31. The molecule has 1 heterocycles. The van der Waals surface area contributed by atoms with Gasteiger partial charge in [0.2, 0.25) is 0 Å². The number of anilines is 1. The molecule has 1 saturated heterocycles. The minimum atomic E-state index is -3.09. The molecule has 1 aliphatic heterocycles. The van der Waals surface area contributed by atoms with E-state index in [0.29, 0.717) is 4.90 Å². The summed E-state index contributed by atoms with van der Waals surface area (Å²) in [6, 6.07) is 7.16. The molecular weight excluding hydrogens is 270 g/mol. The van der Waals surface area contributed by atoms with E-state index in [1.54, 1.807) is 19.1 Å². The van der Waals surface area contributed by atoms with E-state index in [9.17, 15) is 8.42 Å². The average molecular weight is 288 g/mol. The van der Waals surface area contributed by atoms with E-state index >= 15 is 0 Å². The van der Waals surface area contributed by atoms with Crippen LogP contribution in [0.5, 0.6) is 0 Å². The highest BCUT2D eigenvalue weighted by atomic mass is 35.5. The molecule has 0 spiro atoms. The van der Waals surface area contributed by atoms with E-state index in [1.165, 1.54) is 0 Å². The highest BCUT2D eigenvalue weighted by Crippen LogP contribution is 2.24. The standard InChI is InChI=1S/C13H18ClNO2S/c1-2-18(16,17)13-5-3-12(4-6-13)15-9-7-11(14)8-10-15/h3-6,11H,2,7-10H2,1H3. The van der Waals surface area contributed by atoms with Crippen LogP contribution in [0.1, 0.15) is 19.8 Å². The van der Waals surface area contributed by atoms with Crippen molar-refractivity contribution in [2.45, 2.75) is 30.0 Å². The van der Waals surface area contributed by atoms with Gasteiger partial charge in [-0.1, -0.05) is 6.92 Å². The minimum absolute atomic E-state index is 0.143. The first kappa shape index (κ1) is 13.7. The number of halogens is 1. The van der Waals surface area contributed by atoms with Crippen molar-refractivity contribution in [2.24, 2.45) is 0 Å². The van der Waals surface area contributed by atoms with Crippen LogP contribution in [-0.4, -0.2) is 32.6 Å². The topological polar surface area (TPSA) is 37.4 Å². The predicted octanol–water partition coefficient (Wildman–Crippen LogP) is 2.69. The summed E-state index contributed by atoms with van der Waals surface area (Å²) in [7, 11) is -3.09. The zero-order valence-electron chi connectivity index (χ0n) is 10.5. The molecule has 0 aromatic heterocycles. The molecule has 5 heteroatoms. The predicted molar refractivity (Wildman–Crippen MR) is 75.3 cm³/mol. The Morgan fingerprint density at radius 2 is 1.78 bits per heavy atom. The van der Waals surface area contributed by atoms with Gasteiger partial charge in [-0.3, -0.25) is 0 Å². The van der Waals surface area contributed by atoms with E-state index in [0.717, 1.165) is 31.6 Å². The number of hydrogen-bond donors (Lipinski definition) is 0. The van der Waals surface area contributed by atoms with Crippen molar-refractivity contribution >= 4 is 27.1 Å². The number of benzene rings is 1. The molecule has 0 aliphatic carbocycles. The van der Waals surface area contributed by atoms with Crippen molar-refractivity contribution in [3.05, 3.63) is 24.3 Å². The highest BCUT2D eigenvalue weighted by Gasteiger charge is 2.18. The van der Waals surface area contributed by atoms with Gasteiger partial charge in [-0.25, -0.2) is 8.42 Å². The summed E-state index contributed by atoms with van der Waals surface area (Å²) in [5.74, 6) is 0.143. The summed E-state index contributed by atoms with van der Waals surface area (Å²) in [5.41, 5.74) is 1.08. The van der Waals surface area contributed by atoms with Crippen LogP contribution in [0.4, 0.5) is 5.69 Å². The number of piperidine rings is 1. The third kappa shape index (κ3) is 2.98. The molecule has 0 atom stereocenters. The first-order valence-corrected chi connectivity index (χ1v) is 8.33. The molecule has 100 valence electrons. The average Bonchev–Trinajstić information content (AvgIpc) is 2.40. The molecule has 0 radical (unpaired) electrons. The number of nitrogens with zero attached hydrogens (tertiary/aromatic N) is 1. The quantitative estimate of drug-likeness (QED) is 0.802. The molecule has 1 fully saturated rings. The fourth-order valence-corrected chi connectivity index (χ4v) is 3.22. The van der Waals surface area contributed by atoms with Crippen molar-refractivity contribution in [1.29, 1.82) is 0 Å². The number of hydrogen-bond acceptors (Lipinski definition) is 3. The van der Waals surface area contributed by atoms with Crippen molar-refractivity contribution in [2.75, 3.05) is 23.7 Å². The van der Waals surface area contributed by atoms with E-state index < -0.39 is 9.84 Å². The fraction of sp³-hybridized carbons (Fsp3) is 0.538. The lowest BCUT2D eigenvalue weighted by Crippen LogP contribution is -2.33. The van der Waals surface area contributed by atoms with Crippen LogP contribution >= 0.6 is 11.6 Å². The Morgan fingerprint density at radius 3 is 2.28 bits per heavy atom. The van der Waals surface area contributed by atoms with E-state index in [2.05, 4.69) is 4.90 Å². The Bertz CT molecular complexity index is 490. The minimum Gasteiger partial charge on any atom is -0.371 e. The Balaban J connectivity index is 2.13. The van der Waals surface area contributed by atoms with Gasteiger partial charge in [0.05, 0.1) is 10.6 Å². The van der Waals surface area contributed by atoms with Crippen LogP contribution in [0.3, 0.4) is 0 Å². The first-order chi connectivity index (χ1) is 8.53. The van der Waals surface area contributed by atoms with E-state index in [1.807, 2.05) is 12.1 Å². The normalized spacial score (nSPS) is 18.0. The molecule has 18 heavy (non-hydrogen) atoms. The monoisotopic (exact) mass is 287 g/mol. The Morgan fingerprint density at radius 1 is 1.22 bits per heavy atom. The largest absolute Gasteiger partial charge is 0.371 e. The molecule has 1 aliphatic rings. The summed E-state index contributed by atoms with van der Waals surface area (Å²) in [5, 5.41) is 0.279. The molecule has 0 N–H and O–H groups in total. The molecule has 1 aromatic rings.